The van der Waals surface area contributed by atoms with Crippen LogP contribution in [0.3, 0.4) is 0 Å². The second-order valence-electron chi connectivity index (χ2n) is 6.56. The number of ether oxygens (including phenoxy) is 2. The van der Waals surface area contributed by atoms with E-state index in [1.54, 1.807) is 14.2 Å². The van der Waals surface area contributed by atoms with Gasteiger partial charge in [0.25, 0.3) is 6.17 Å². The Morgan fingerprint density at radius 3 is 2.18 bits per heavy atom. The van der Waals surface area contributed by atoms with Crippen molar-refractivity contribution in [2.45, 2.75) is 6.17 Å². The Morgan fingerprint density at radius 2 is 1.54 bits per heavy atom. The van der Waals surface area contributed by atoms with Crippen LogP contribution in [-0.4, -0.2) is 31.2 Å². The molecule has 1 aliphatic heterocycles. The molecule has 0 spiro atoms. The van der Waals surface area contributed by atoms with Crippen molar-refractivity contribution in [1.82, 2.24) is 0 Å². The van der Waals surface area contributed by atoms with E-state index < -0.39 is 6.17 Å². The maximum atomic E-state index is 13.5. The maximum absolute atomic E-state index is 13.5. The standard InChI is InChI=1S/C23H22N2O3/c1-27-21-15-9-14-19(22(21)28-2)23-24(18-12-7-4-8-13-18)16-20(25(23)26)17-10-5-3-6-11-17/h3-15,23H,16H2,1-2H3. The van der Waals surface area contributed by atoms with Crippen molar-refractivity contribution in [3.8, 4) is 11.5 Å². The second-order valence-corrected chi connectivity index (χ2v) is 6.56. The van der Waals surface area contributed by atoms with Crippen molar-refractivity contribution >= 4 is 11.4 Å². The fourth-order valence-electron chi connectivity index (χ4n) is 3.70. The normalized spacial score (nSPS) is 16.4. The highest BCUT2D eigenvalue weighted by atomic mass is 16.5. The van der Waals surface area contributed by atoms with Crippen molar-refractivity contribution < 1.29 is 14.2 Å². The summed E-state index contributed by atoms with van der Waals surface area (Å²) in [4.78, 5) is 2.09. The van der Waals surface area contributed by atoms with Gasteiger partial charge in [-0.1, -0.05) is 42.5 Å². The van der Waals surface area contributed by atoms with Crippen molar-refractivity contribution in [2.24, 2.45) is 0 Å². The second kappa shape index (κ2) is 7.64. The number of hydrogen-bond acceptors (Lipinski definition) is 4. The van der Waals surface area contributed by atoms with Gasteiger partial charge in [-0.2, -0.15) is 4.74 Å². The van der Waals surface area contributed by atoms with Crippen LogP contribution in [0, 0.1) is 5.21 Å². The lowest BCUT2D eigenvalue weighted by atomic mass is 10.1. The van der Waals surface area contributed by atoms with Crippen LogP contribution >= 0.6 is 0 Å². The zero-order valence-corrected chi connectivity index (χ0v) is 15.9. The average molecular weight is 374 g/mol. The quantitative estimate of drug-likeness (QED) is 0.495. The first-order valence-electron chi connectivity index (χ1n) is 9.14. The van der Waals surface area contributed by atoms with Gasteiger partial charge in [0.2, 0.25) is 5.71 Å². The van der Waals surface area contributed by atoms with E-state index in [2.05, 4.69) is 4.90 Å². The van der Waals surface area contributed by atoms with Crippen LogP contribution in [-0.2, 0) is 0 Å². The molecule has 1 heterocycles. The van der Waals surface area contributed by atoms with E-state index >= 15 is 0 Å². The van der Waals surface area contributed by atoms with Gasteiger partial charge in [-0.15, -0.1) is 0 Å². The van der Waals surface area contributed by atoms with E-state index in [1.165, 1.54) is 0 Å². The molecule has 0 N–H and O–H groups in total. The molecule has 3 aromatic carbocycles. The minimum absolute atomic E-state index is 0.503. The van der Waals surface area contributed by atoms with Gasteiger partial charge in [0.15, 0.2) is 11.5 Å². The topological polar surface area (TPSA) is 47.8 Å². The van der Waals surface area contributed by atoms with Crippen molar-refractivity contribution in [3.05, 3.63) is 95.2 Å². The summed E-state index contributed by atoms with van der Waals surface area (Å²) in [5, 5.41) is 13.5. The predicted molar refractivity (Wildman–Crippen MR) is 110 cm³/mol. The smallest absolute Gasteiger partial charge is 0.269 e. The number of hydrogen-bond donors (Lipinski definition) is 0. The number of rotatable bonds is 5. The van der Waals surface area contributed by atoms with Crippen LogP contribution in [0.15, 0.2) is 78.9 Å². The van der Waals surface area contributed by atoms with Gasteiger partial charge in [0.05, 0.1) is 19.8 Å². The molecular formula is C23H22N2O3. The SMILES string of the molecule is COc1cccc(C2N(c3ccccc3)CC(c3ccccc3)=[N+]2[O-])c1OC. The van der Waals surface area contributed by atoms with Gasteiger partial charge in [-0.3, -0.25) is 4.90 Å². The molecule has 0 amide bonds. The summed E-state index contributed by atoms with van der Waals surface area (Å²) < 4.78 is 12.2. The zero-order chi connectivity index (χ0) is 19.5. The predicted octanol–water partition coefficient (Wildman–Crippen LogP) is 4.22. The summed E-state index contributed by atoms with van der Waals surface area (Å²) in [6.45, 7) is 0.503. The van der Waals surface area contributed by atoms with Crippen molar-refractivity contribution in [3.63, 3.8) is 0 Å². The minimum atomic E-state index is -0.553. The first-order chi connectivity index (χ1) is 13.7. The van der Waals surface area contributed by atoms with Crippen molar-refractivity contribution in [1.29, 1.82) is 0 Å². The molecule has 28 heavy (non-hydrogen) atoms. The molecule has 1 aliphatic rings. The first kappa shape index (κ1) is 17.9. The fourth-order valence-corrected chi connectivity index (χ4v) is 3.70. The molecule has 0 saturated heterocycles. The summed E-state index contributed by atoms with van der Waals surface area (Å²) >= 11 is 0. The Hall–Kier alpha value is -3.47. The van der Waals surface area contributed by atoms with Crippen molar-refractivity contribution in [2.75, 3.05) is 25.7 Å². The monoisotopic (exact) mass is 374 g/mol. The van der Waals surface area contributed by atoms with Gasteiger partial charge in [-0.05, 0) is 36.4 Å². The van der Waals surface area contributed by atoms with Gasteiger partial charge in [0.1, 0.15) is 6.54 Å². The molecular weight excluding hydrogens is 352 g/mol. The average Bonchev–Trinajstić information content (AvgIpc) is 3.11. The van der Waals surface area contributed by atoms with E-state index in [4.69, 9.17) is 9.47 Å². The Morgan fingerprint density at radius 1 is 0.857 bits per heavy atom. The molecule has 4 rings (SSSR count). The lowest BCUT2D eigenvalue weighted by Gasteiger charge is -2.26. The minimum Gasteiger partial charge on any atom is -0.622 e. The fraction of sp³-hybridized carbons (Fsp3) is 0.174. The molecule has 0 fully saturated rings. The Balaban J connectivity index is 1.89. The number of methoxy groups -OCH3 is 2. The summed E-state index contributed by atoms with van der Waals surface area (Å²) in [6.07, 6.45) is -0.553. The van der Waals surface area contributed by atoms with E-state index in [1.807, 2.05) is 78.9 Å². The van der Waals surface area contributed by atoms with Gasteiger partial charge in [-0.25, -0.2) is 0 Å². The largest absolute Gasteiger partial charge is 0.622 e. The Bertz CT molecular complexity index is 987. The summed E-state index contributed by atoms with van der Waals surface area (Å²) in [5.74, 6) is 1.18. The summed E-state index contributed by atoms with van der Waals surface area (Å²) in [7, 11) is 3.20. The molecule has 5 heteroatoms. The molecule has 3 aromatic rings. The van der Waals surface area contributed by atoms with Crippen LogP contribution in [0.2, 0.25) is 0 Å². The third-order valence-electron chi connectivity index (χ3n) is 5.01. The number of hydroxylamine groups is 1. The van der Waals surface area contributed by atoms with E-state index in [0.717, 1.165) is 27.3 Å². The van der Waals surface area contributed by atoms with Crippen LogP contribution in [0.1, 0.15) is 17.3 Å². The molecule has 142 valence electrons. The van der Waals surface area contributed by atoms with Crippen LogP contribution < -0.4 is 14.4 Å². The molecule has 1 unspecified atom stereocenters. The molecule has 0 saturated carbocycles. The van der Waals surface area contributed by atoms with Crippen LogP contribution in [0.5, 0.6) is 11.5 Å². The molecule has 0 radical (unpaired) electrons. The molecule has 0 aromatic heterocycles. The first-order valence-corrected chi connectivity index (χ1v) is 9.14. The number of benzene rings is 3. The number of anilines is 1. The highest BCUT2D eigenvalue weighted by molar-refractivity contribution is 6.01. The van der Waals surface area contributed by atoms with E-state index in [9.17, 15) is 5.21 Å². The third-order valence-corrected chi connectivity index (χ3v) is 5.01. The molecule has 1 atom stereocenters. The Labute approximate surface area is 164 Å². The zero-order valence-electron chi connectivity index (χ0n) is 15.9. The molecule has 5 nitrogen and oxygen atoms in total. The van der Waals surface area contributed by atoms with E-state index in [-0.39, 0.29) is 0 Å². The molecule has 0 bridgehead atoms. The molecule has 0 aliphatic carbocycles. The third kappa shape index (κ3) is 3.05. The lowest BCUT2D eigenvalue weighted by molar-refractivity contribution is -0.497. The summed E-state index contributed by atoms with van der Waals surface area (Å²) in [6, 6.07) is 25.4. The number of para-hydroxylation sites is 2. The van der Waals surface area contributed by atoms with Crippen LogP contribution in [0.25, 0.3) is 0 Å². The van der Waals surface area contributed by atoms with Gasteiger partial charge >= 0.3 is 0 Å². The lowest BCUT2D eigenvalue weighted by Crippen LogP contribution is -2.28. The Kier molecular flexibility index (Phi) is 4.89. The highest BCUT2D eigenvalue weighted by Crippen LogP contribution is 2.41. The van der Waals surface area contributed by atoms with Gasteiger partial charge in [0, 0.05) is 11.3 Å². The summed E-state index contributed by atoms with van der Waals surface area (Å²) in [5.41, 5.74) is 3.39. The number of nitrogens with zero attached hydrogens (tertiary/aromatic N) is 2. The highest BCUT2D eigenvalue weighted by Gasteiger charge is 2.41. The maximum Gasteiger partial charge on any atom is 0.269 e. The van der Waals surface area contributed by atoms with Gasteiger partial charge < -0.3 is 14.7 Å². The van der Waals surface area contributed by atoms with Crippen LogP contribution in [0.4, 0.5) is 5.69 Å². The van der Waals surface area contributed by atoms with E-state index in [0.29, 0.717) is 18.0 Å².